The first kappa shape index (κ1) is 15.7. The van der Waals surface area contributed by atoms with Crippen LogP contribution in [0.25, 0.3) is 11.3 Å². The molecule has 0 amide bonds. The molecule has 0 saturated carbocycles. The Morgan fingerprint density at radius 3 is 2.29 bits per heavy atom. The lowest BCUT2D eigenvalue weighted by Crippen LogP contribution is -2.06. The van der Waals surface area contributed by atoms with Gasteiger partial charge in [0.2, 0.25) is 0 Å². The van der Waals surface area contributed by atoms with E-state index in [0.717, 1.165) is 35.0 Å². The Kier molecular flexibility index (Phi) is 5.12. The van der Waals surface area contributed by atoms with E-state index in [2.05, 4.69) is 15.3 Å². The van der Waals surface area contributed by atoms with E-state index in [1.807, 2.05) is 20.8 Å². The zero-order chi connectivity index (χ0) is 15.4. The summed E-state index contributed by atoms with van der Waals surface area (Å²) in [6.07, 6.45) is 0. The van der Waals surface area contributed by atoms with Crippen LogP contribution in [0.3, 0.4) is 0 Å². The van der Waals surface area contributed by atoms with Crippen LogP contribution >= 0.6 is 11.8 Å². The second-order valence-corrected chi connectivity index (χ2v) is 5.59. The summed E-state index contributed by atoms with van der Waals surface area (Å²) in [7, 11) is 0. The Labute approximate surface area is 127 Å². The molecular formula is C15H17F2N3S. The van der Waals surface area contributed by atoms with Gasteiger partial charge in [-0.25, -0.2) is 9.97 Å². The molecule has 1 N–H and O–H groups in total. The van der Waals surface area contributed by atoms with E-state index >= 15 is 0 Å². The first-order chi connectivity index (χ1) is 10.0. The largest absolute Gasteiger partial charge is 0.369 e. The number of hydrogen-bond acceptors (Lipinski definition) is 4. The average Bonchev–Trinajstić information content (AvgIpc) is 2.43. The predicted octanol–water partition coefficient (Wildman–Crippen LogP) is 4.51. The summed E-state index contributed by atoms with van der Waals surface area (Å²) in [5, 5.41) is 3.19. The SMILES string of the molecule is CCNc1nc(C)c(C)nc1-c1ccc(SC(F)F)cc1. The highest BCUT2D eigenvalue weighted by Gasteiger charge is 2.11. The Balaban J connectivity index is 2.38. The lowest BCUT2D eigenvalue weighted by molar-refractivity contribution is 0.252. The molecule has 0 radical (unpaired) electrons. The Bertz CT molecular complexity index is 615. The van der Waals surface area contributed by atoms with Crippen molar-refractivity contribution in [2.45, 2.75) is 31.4 Å². The van der Waals surface area contributed by atoms with E-state index in [1.54, 1.807) is 24.3 Å². The first-order valence-electron chi connectivity index (χ1n) is 6.65. The summed E-state index contributed by atoms with van der Waals surface area (Å²) in [5.74, 6) is -1.69. The number of alkyl halides is 2. The van der Waals surface area contributed by atoms with Gasteiger partial charge in [-0.3, -0.25) is 0 Å². The maximum atomic E-state index is 12.3. The monoisotopic (exact) mass is 309 g/mol. The summed E-state index contributed by atoms with van der Waals surface area (Å²) < 4.78 is 24.7. The molecule has 2 rings (SSSR count). The van der Waals surface area contributed by atoms with E-state index in [1.165, 1.54) is 0 Å². The minimum atomic E-state index is -2.41. The van der Waals surface area contributed by atoms with Gasteiger partial charge in [-0.15, -0.1) is 0 Å². The zero-order valence-electron chi connectivity index (χ0n) is 12.2. The van der Waals surface area contributed by atoms with Crippen molar-refractivity contribution in [3.8, 4) is 11.3 Å². The fourth-order valence-corrected chi connectivity index (χ4v) is 2.39. The van der Waals surface area contributed by atoms with E-state index in [0.29, 0.717) is 16.7 Å². The van der Waals surface area contributed by atoms with Crippen molar-refractivity contribution in [3.63, 3.8) is 0 Å². The van der Waals surface area contributed by atoms with Gasteiger partial charge in [0.25, 0.3) is 5.76 Å². The normalized spacial score (nSPS) is 11.0. The van der Waals surface area contributed by atoms with Crippen LogP contribution < -0.4 is 5.32 Å². The molecule has 0 aliphatic rings. The lowest BCUT2D eigenvalue weighted by atomic mass is 10.1. The van der Waals surface area contributed by atoms with Crippen molar-refractivity contribution in [3.05, 3.63) is 35.7 Å². The molecule has 112 valence electrons. The van der Waals surface area contributed by atoms with Gasteiger partial charge >= 0.3 is 0 Å². The number of nitrogens with zero attached hydrogens (tertiary/aromatic N) is 2. The summed E-state index contributed by atoms with van der Waals surface area (Å²) in [4.78, 5) is 9.62. The Morgan fingerprint density at radius 2 is 1.71 bits per heavy atom. The molecule has 21 heavy (non-hydrogen) atoms. The molecule has 0 saturated heterocycles. The van der Waals surface area contributed by atoms with Crippen LogP contribution in [-0.2, 0) is 0 Å². The smallest absolute Gasteiger partial charge is 0.288 e. The number of hydrogen-bond donors (Lipinski definition) is 1. The number of halogens is 2. The van der Waals surface area contributed by atoms with Gasteiger partial charge in [-0.2, -0.15) is 8.78 Å². The van der Waals surface area contributed by atoms with Crippen molar-refractivity contribution in [2.75, 3.05) is 11.9 Å². The molecule has 0 aliphatic carbocycles. The third kappa shape index (κ3) is 3.91. The highest BCUT2D eigenvalue weighted by atomic mass is 32.2. The quantitative estimate of drug-likeness (QED) is 0.825. The van der Waals surface area contributed by atoms with Gasteiger partial charge in [0.1, 0.15) is 5.69 Å². The van der Waals surface area contributed by atoms with Gasteiger partial charge in [0.15, 0.2) is 5.82 Å². The highest BCUT2D eigenvalue weighted by molar-refractivity contribution is 7.99. The molecule has 0 spiro atoms. The average molecular weight is 309 g/mol. The number of anilines is 1. The van der Waals surface area contributed by atoms with E-state index in [4.69, 9.17) is 0 Å². The molecule has 0 aliphatic heterocycles. The van der Waals surface area contributed by atoms with Gasteiger partial charge in [0, 0.05) is 17.0 Å². The third-order valence-corrected chi connectivity index (χ3v) is 3.73. The first-order valence-corrected chi connectivity index (χ1v) is 7.53. The van der Waals surface area contributed by atoms with E-state index < -0.39 is 5.76 Å². The van der Waals surface area contributed by atoms with Crippen LogP contribution in [0.4, 0.5) is 14.6 Å². The summed E-state index contributed by atoms with van der Waals surface area (Å²) >= 11 is 0.537. The van der Waals surface area contributed by atoms with Gasteiger partial charge in [-0.05, 0) is 32.9 Å². The molecular weight excluding hydrogens is 292 g/mol. The van der Waals surface area contributed by atoms with E-state index in [-0.39, 0.29) is 0 Å². The molecule has 0 unspecified atom stereocenters. The minimum Gasteiger partial charge on any atom is -0.369 e. The molecule has 0 fully saturated rings. The lowest BCUT2D eigenvalue weighted by Gasteiger charge is -2.12. The molecule has 0 atom stereocenters. The van der Waals surface area contributed by atoms with Crippen LogP contribution in [0.15, 0.2) is 29.2 Å². The van der Waals surface area contributed by atoms with Crippen molar-refractivity contribution in [2.24, 2.45) is 0 Å². The Morgan fingerprint density at radius 1 is 1.10 bits per heavy atom. The number of benzene rings is 1. The molecule has 3 nitrogen and oxygen atoms in total. The highest BCUT2D eigenvalue weighted by Crippen LogP contribution is 2.30. The number of rotatable bonds is 5. The molecule has 2 aromatic rings. The standard InChI is InChI=1S/C15H17F2N3S/c1-4-18-14-13(19-9(2)10(3)20-14)11-5-7-12(8-6-11)21-15(16)17/h5-8,15H,4H2,1-3H3,(H,18,20). The van der Waals surface area contributed by atoms with Crippen molar-refractivity contribution in [1.29, 1.82) is 0 Å². The van der Waals surface area contributed by atoms with Gasteiger partial charge in [-0.1, -0.05) is 23.9 Å². The van der Waals surface area contributed by atoms with Crippen molar-refractivity contribution >= 4 is 17.6 Å². The molecule has 6 heteroatoms. The topological polar surface area (TPSA) is 37.8 Å². The Hall–Kier alpha value is -1.69. The molecule has 1 heterocycles. The number of aromatic nitrogens is 2. The molecule has 1 aromatic carbocycles. The number of nitrogens with one attached hydrogen (secondary N) is 1. The maximum Gasteiger partial charge on any atom is 0.288 e. The van der Waals surface area contributed by atoms with Crippen LogP contribution in [0.1, 0.15) is 18.3 Å². The third-order valence-electron chi connectivity index (χ3n) is 3.00. The van der Waals surface area contributed by atoms with Gasteiger partial charge in [0.05, 0.1) is 11.4 Å². The minimum absolute atomic E-state index is 0.537. The van der Waals surface area contributed by atoms with Crippen LogP contribution in [0.2, 0.25) is 0 Å². The zero-order valence-corrected chi connectivity index (χ0v) is 13.0. The van der Waals surface area contributed by atoms with Crippen molar-refractivity contribution < 1.29 is 8.78 Å². The van der Waals surface area contributed by atoms with E-state index in [9.17, 15) is 8.78 Å². The summed E-state index contributed by atoms with van der Waals surface area (Å²) in [6.45, 7) is 6.55. The predicted molar refractivity (Wildman–Crippen MR) is 83.0 cm³/mol. The maximum absolute atomic E-state index is 12.3. The summed E-state index contributed by atoms with van der Waals surface area (Å²) in [6, 6.07) is 6.95. The molecule has 0 bridgehead atoms. The number of thioether (sulfide) groups is 1. The van der Waals surface area contributed by atoms with Crippen molar-refractivity contribution in [1.82, 2.24) is 9.97 Å². The van der Waals surface area contributed by atoms with Gasteiger partial charge < -0.3 is 5.32 Å². The van der Waals surface area contributed by atoms with Crippen LogP contribution in [0, 0.1) is 13.8 Å². The number of aryl methyl sites for hydroxylation is 2. The van der Waals surface area contributed by atoms with Crippen LogP contribution in [-0.4, -0.2) is 22.3 Å². The summed E-state index contributed by atoms with van der Waals surface area (Å²) in [5.41, 5.74) is 3.34. The molecule has 1 aromatic heterocycles. The fourth-order valence-electron chi connectivity index (χ4n) is 1.89. The fraction of sp³-hybridized carbons (Fsp3) is 0.333. The second-order valence-electron chi connectivity index (χ2n) is 4.52. The second kappa shape index (κ2) is 6.85. The van der Waals surface area contributed by atoms with Crippen LogP contribution in [0.5, 0.6) is 0 Å².